The number of sulfone groups is 1. The molecule has 8 nitrogen and oxygen atoms in total. The van der Waals surface area contributed by atoms with Crippen LogP contribution in [-0.2, 0) is 31.6 Å². The van der Waals surface area contributed by atoms with E-state index in [0.29, 0.717) is 30.5 Å². The number of amides is 2. The zero-order chi connectivity index (χ0) is 29.9. The molecule has 1 aliphatic carbocycles. The van der Waals surface area contributed by atoms with Crippen molar-refractivity contribution in [2.24, 2.45) is 5.41 Å². The van der Waals surface area contributed by atoms with E-state index in [1.807, 2.05) is 0 Å². The molecule has 2 aromatic rings. The standard InChI is InChI=1S/C25H21F6N3O5S/c1-40(38,39)17-6-7-18-14(10-17)12-34(19(35)11-22(13-32)8-9-22)20(18)21(36)33-16-4-2-15(3-5-16)23(37,24(26,27)28)25(29,30)31/h2-7,10,20,37H,8-9,11-12H2,1H3,(H,33,36). The van der Waals surface area contributed by atoms with Gasteiger partial charge in [-0.05, 0) is 48.2 Å². The van der Waals surface area contributed by atoms with E-state index in [-0.39, 0.29) is 29.1 Å². The largest absolute Gasteiger partial charge is 0.430 e. The first-order valence-electron chi connectivity index (χ1n) is 11.6. The molecule has 1 aliphatic heterocycles. The molecule has 0 aromatic heterocycles. The van der Waals surface area contributed by atoms with Crippen molar-refractivity contribution in [1.82, 2.24) is 4.90 Å². The average molecular weight is 590 g/mol. The van der Waals surface area contributed by atoms with Gasteiger partial charge in [0, 0.05) is 30.5 Å². The van der Waals surface area contributed by atoms with Crippen molar-refractivity contribution in [3.05, 3.63) is 59.2 Å². The predicted molar refractivity (Wildman–Crippen MR) is 126 cm³/mol. The van der Waals surface area contributed by atoms with E-state index in [1.54, 1.807) is 0 Å². The first-order valence-corrected chi connectivity index (χ1v) is 13.5. The molecule has 4 rings (SSSR count). The predicted octanol–water partition coefficient (Wildman–Crippen LogP) is 4.12. The lowest BCUT2D eigenvalue weighted by Crippen LogP contribution is -2.53. The molecule has 1 saturated carbocycles. The Balaban J connectivity index is 1.65. The van der Waals surface area contributed by atoms with Crippen LogP contribution >= 0.6 is 0 Å². The molecule has 2 amide bonds. The Morgan fingerprint density at radius 2 is 1.65 bits per heavy atom. The van der Waals surface area contributed by atoms with Gasteiger partial charge in [0.25, 0.3) is 11.5 Å². The van der Waals surface area contributed by atoms with Gasteiger partial charge in [-0.1, -0.05) is 18.2 Å². The highest BCUT2D eigenvalue weighted by Crippen LogP contribution is 2.51. The van der Waals surface area contributed by atoms with Gasteiger partial charge in [0.1, 0.15) is 6.04 Å². The molecule has 1 fully saturated rings. The zero-order valence-corrected chi connectivity index (χ0v) is 21.4. The first kappa shape index (κ1) is 29.3. The van der Waals surface area contributed by atoms with Gasteiger partial charge in [-0.15, -0.1) is 0 Å². The fourth-order valence-electron chi connectivity index (χ4n) is 4.54. The minimum absolute atomic E-state index is 0.0622. The van der Waals surface area contributed by atoms with E-state index >= 15 is 0 Å². The number of alkyl halides is 6. The molecular formula is C25H21F6N3O5S. The van der Waals surface area contributed by atoms with Crippen molar-refractivity contribution in [2.75, 3.05) is 11.6 Å². The fourth-order valence-corrected chi connectivity index (χ4v) is 5.21. The SMILES string of the molecule is CS(=O)(=O)c1ccc2c(c1)CN(C(=O)CC1(C#N)CC1)C2C(=O)Nc1ccc(C(O)(C(F)(F)F)C(F)(F)F)cc1. The number of benzene rings is 2. The smallest absolute Gasteiger partial charge is 0.369 e. The van der Waals surface area contributed by atoms with Crippen molar-refractivity contribution in [3.8, 4) is 6.07 Å². The number of hydrogen-bond acceptors (Lipinski definition) is 6. The normalized spacial score (nSPS) is 18.6. The summed E-state index contributed by atoms with van der Waals surface area (Å²) < 4.78 is 103. The Labute approximate surface area is 224 Å². The number of nitrogens with zero attached hydrogens (tertiary/aromatic N) is 2. The Kier molecular flexibility index (Phi) is 6.95. The number of hydrogen-bond donors (Lipinski definition) is 2. The third-order valence-corrected chi connectivity index (χ3v) is 8.14. The van der Waals surface area contributed by atoms with Crippen molar-refractivity contribution in [3.63, 3.8) is 0 Å². The number of nitrogens with one attached hydrogen (secondary N) is 1. The lowest BCUT2D eigenvalue weighted by atomic mass is 9.92. The Morgan fingerprint density at radius 3 is 2.12 bits per heavy atom. The zero-order valence-electron chi connectivity index (χ0n) is 20.6. The maximum Gasteiger partial charge on any atom is 0.430 e. The molecule has 1 unspecified atom stereocenters. The summed E-state index contributed by atoms with van der Waals surface area (Å²) in [5.41, 5.74) is -7.16. The number of fused-ring (bicyclic) bond motifs is 1. The summed E-state index contributed by atoms with van der Waals surface area (Å²) in [5, 5.41) is 21.3. The number of aliphatic hydroxyl groups is 1. The van der Waals surface area contributed by atoms with Gasteiger partial charge in [-0.2, -0.15) is 31.6 Å². The second-order valence-electron chi connectivity index (χ2n) is 9.90. The van der Waals surface area contributed by atoms with E-state index in [1.165, 1.54) is 18.2 Å². The van der Waals surface area contributed by atoms with E-state index < -0.39 is 56.6 Å². The van der Waals surface area contributed by atoms with Crippen molar-refractivity contribution < 1.29 is 49.5 Å². The van der Waals surface area contributed by atoms with Gasteiger partial charge in [-0.3, -0.25) is 9.59 Å². The molecule has 1 heterocycles. The molecule has 214 valence electrons. The van der Waals surface area contributed by atoms with Gasteiger partial charge in [-0.25, -0.2) is 8.42 Å². The van der Waals surface area contributed by atoms with Crippen molar-refractivity contribution in [2.45, 2.75) is 54.7 Å². The quantitative estimate of drug-likeness (QED) is 0.488. The number of carbonyl (C=O) groups is 2. The van der Waals surface area contributed by atoms with Crippen LogP contribution in [-0.4, -0.2) is 48.8 Å². The molecule has 2 aromatic carbocycles. The summed E-state index contributed by atoms with van der Waals surface area (Å²) in [6.07, 6.45) is -10.4. The fraction of sp³-hybridized carbons (Fsp3) is 0.400. The third kappa shape index (κ3) is 5.13. The summed E-state index contributed by atoms with van der Waals surface area (Å²) in [6, 6.07) is 6.84. The van der Waals surface area contributed by atoms with Crippen LogP contribution in [0.2, 0.25) is 0 Å². The van der Waals surface area contributed by atoms with Gasteiger partial charge in [0.05, 0.1) is 16.4 Å². The molecule has 2 N–H and O–H groups in total. The van der Waals surface area contributed by atoms with Gasteiger partial charge in [0.2, 0.25) is 5.91 Å². The molecule has 40 heavy (non-hydrogen) atoms. The molecule has 1 atom stereocenters. The van der Waals surface area contributed by atoms with Gasteiger partial charge >= 0.3 is 12.4 Å². The van der Waals surface area contributed by atoms with Crippen LogP contribution in [0.5, 0.6) is 0 Å². The maximum absolute atomic E-state index is 13.3. The Bertz CT molecular complexity index is 1500. The Hall–Kier alpha value is -3.64. The number of carbonyl (C=O) groups excluding carboxylic acids is 2. The topological polar surface area (TPSA) is 128 Å². The van der Waals surface area contributed by atoms with E-state index in [9.17, 15) is 54.7 Å². The summed E-state index contributed by atoms with van der Waals surface area (Å²) in [7, 11) is -3.64. The minimum atomic E-state index is -6.09. The van der Waals surface area contributed by atoms with E-state index in [2.05, 4.69) is 11.4 Å². The summed E-state index contributed by atoms with van der Waals surface area (Å²) in [6.45, 7) is -0.166. The highest BCUT2D eigenvalue weighted by molar-refractivity contribution is 7.90. The lowest BCUT2D eigenvalue weighted by molar-refractivity contribution is -0.376. The second kappa shape index (κ2) is 9.48. The highest BCUT2D eigenvalue weighted by Gasteiger charge is 2.71. The van der Waals surface area contributed by atoms with Gasteiger partial charge in [0.15, 0.2) is 9.84 Å². The van der Waals surface area contributed by atoms with Gasteiger partial charge < -0.3 is 15.3 Å². The lowest BCUT2D eigenvalue weighted by Gasteiger charge is -2.32. The van der Waals surface area contributed by atoms with E-state index in [4.69, 9.17) is 0 Å². The molecule has 2 aliphatic rings. The minimum Gasteiger partial charge on any atom is -0.369 e. The highest BCUT2D eigenvalue weighted by atomic mass is 32.2. The monoisotopic (exact) mass is 589 g/mol. The maximum atomic E-state index is 13.3. The molecule has 15 heteroatoms. The van der Waals surface area contributed by atoms with Crippen molar-refractivity contribution >= 4 is 27.3 Å². The second-order valence-corrected chi connectivity index (χ2v) is 11.9. The van der Waals surface area contributed by atoms with Crippen LogP contribution in [0.4, 0.5) is 32.0 Å². The summed E-state index contributed by atoms with van der Waals surface area (Å²) in [5.74, 6) is -1.44. The van der Waals surface area contributed by atoms with Crippen LogP contribution < -0.4 is 5.32 Å². The number of nitriles is 1. The summed E-state index contributed by atoms with van der Waals surface area (Å²) in [4.78, 5) is 27.6. The van der Waals surface area contributed by atoms with Crippen LogP contribution in [0.25, 0.3) is 0 Å². The number of anilines is 1. The number of rotatable bonds is 6. The molecule has 0 saturated heterocycles. The number of halogens is 6. The van der Waals surface area contributed by atoms with Crippen LogP contribution in [0, 0.1) is 16.7 Å². The van der Waals surface area contributed by atoms with Crippen LogP contribution in [0.15, 0.2) is 47.4 Å². The van der Waals surface area contributed by atoms with Crippen LogP contribution in [0.3, 0.4) is 0 Å². The summed E-state index contributed by atoms with van der Waals surface area (Å²) >= 11 is 0. The third-order valence-electron chi connectivity index (χ3n) is 7.03. The van der Waals surface area contributed by atoms with E-state index in [0.717, 1.165) is 23.3 Å². The molecule has 0 spiro atoms. The molecule has 0 bridgehead atoms. The Morgan fingerprint density at radius 1 is 1.07 bits per heavy atom. The van der Waals surface area contributed by atoms with Crippen LogP contribution in [0.1, 0.15) is 42.0 Å². The average Bonchev–Trinajstić information content (AvgIpc) is 3.50. The van der Waals surface area contributed by atoms with Crippen molar-refractivity contribution in [1.29, 1.82) is 5.26 Å². The molecule has 0 radical (unpaired) electrons. The first-order chi connectivity index (χ1) is 18.3. The molecular weight excluding hydrogens is 568 g/mol.